The van der Waals surface area contributed by atoms with Crippen molar-refractivity contribution in [3.63, 3.8) is 0 Å². The van der Waals surface area contributed by atoms with Crippen molar-refractivity contribution in [1.29, 1.82) is 0 Å². The molecule has 1 aliphatic heterocycles. The van der Waals surface area contributed by atoms with Gasteiger partial charge in [0.05, 0.1) is 7.11 Å². The Bertz CT molecular complexity index is 932. The van der Waals surface area contributed by atoms with Crippen LogP contribution in [0.25, 0.3) is 6.08 Å². The van der Waals surface area contributed by atoms with E-state index in [4.69, 9.17) is 4.74 Å². The van der Waals surface area contributed by atoms with Gasteiger partial charge in [0.15, 0.2) is 0 Å². The molecule has 0 atom stereocenters. The Morgan fingerprint density at radius 3 is 2.14 bits per heavy atom. The van der Waals surface area contributed by atoms with Crippen LogP contribution in [0.1, 0.15) is 11.1 Å². The summed E-state index contributed by atoms with van der Waals surface area (Å²) in [6.45, 7) is 0. The molecule has 28 heavy (non-hydrogen) atoms. The number of methoxy groups -OCH3 is 1. The quantitative estimate of drug-likeness (QED) is 0.532. The molecule has 3 rings (SSSR count). The monoisotopic (exact) mass is 379 g/mol. The van der Waals surface area contributed by atoms with Crippen LogP contribution in [0, 0.1) is 0 Å². The Balaban J connectivity index is 1.88. The van der Waals surface area contributed by atoms with Crippen LogP contribution in [0.15, 0.2) is 60.7 Å². The first kappa shape index (κ1) is 18.8. The van der Waals surface area contributed by atoms with Crippen LogP contribution in [0.4, 0.5) is 4.79 Å². The first-order chi connectivity index (χ1) is 13.5. The maximum absolute atomic E-state index is 12.6. The fourth-order valence-corrected chi connectivity index (χ4v) is 2.78. The van der Waals surface area contributed by atoms with E-state index in [2.05, 4.69) is 5.32 Å². The molecular formula is C20H17N3O5. The van der Waals surface area contributed by atoms with Gasteiger partial charge in [-0.05, 0) is 29.3 Å². The zero-order valence-corrected chi connectivity index (χ0v) is 14.9. The van der Waals surface area contributed by atoms with Gasteiger partial charge in [-0.25, -0.2) is 4.79 Å². The largest absolute Gasteiger partial charge is 0.497 e. The minimum absolute atomic E-state index is 0.226. The normalized spacial score (nSPS) is 15.7. The number of amides is 5. The van der Waals surface area contributed by atoms with Crippen molar-refractivity contribution in [2.24, 2.45) is 0 Å². The predicted molar refractivity (Wildman–Crippen MR) is 100.0 cm³/mol. The average Bonchev–Trinajstić information content (AvgIpc) is 2.70. The van der Waals surface area contributed by atoms with Crippen molar-refractivity contribution in [2.45, 2.75) is 5.54 Å². The van der Waals surface area contributed by atoms with Crippen molar-refractivity contribution in [1.82, 2.24) is 16.0 Å². The van der Waals surface area contributed by atoms with Crippen molar-refractivity contribution < 1.29 is 23.9 Å². The number of rotatable bonds is 5. The van der Waals surface area contributed by atoms with Crippen LogP contribution in [0.2, 0.25) is 0 Å². The molecule has 2 aromatic rings. The zero-order chi connectivity index (χ0) is 20.1. The number of carbonyl (C=O) groups is 4. The van der Waals surface area contributed by atoms with E-state index >= 15 is 0 Å². The lowest BCUT2D eigenvalue weighted by Crippen LogP contribution is -2.71. The molecule has 5 amide bonds. The molecule has 1 saturated heterocycles. The number of imide groups is 2. The fraction of sp³-hybridized carbons (Fsp3) is 0.100. The van der Waals surface area contributed by atoms with Crippen LogP contribution in [-0.4, -0.2) is 30.9 Å². The third-order valence-electron chi connectivity index (χ3n) is 4.20. The van der Waals surface area contributed by atoms with Gasteiger partial charge in [-0.1, -0.05) is 42.5 Å². The lowest BCUT2D eigenvalue weighted by atomic mass is 9.86. The van der Waals surface area contributed by atoms with Gasteiger partial charge in [0.2, 0.25) is 11.4 Å². The van der Waals surface area contributed by atoms with Gasteiger partial charge in [-0.3, -0.25) is 25.0 Å². The van der Waals surface area contributed by atoms with E-state index in [1.165, 1.54) is 24.3 Å². The molecule has 142 valence electrons. The second-order valence-corrected chi connectivity index (χ2v) is 5.95. The fourth-order valence-electron chi connectivity index (χ4n) is 2.78. The molecule has 1 aliphatic rings. The summed E-state index contributed by atoms with van der Waals surface area (Å²) in [5.41, 5.74) is -1.11. The number of carbonyl (C=O) groups excluding carboxylic acids is 4. The van der Waals surface area contributed by atoms with Crippen molar-refractivity contribution in [3.8, 4) is 5.75 Å². The third kappa shape index (κ3) is 3.61. The standard InChI is InChI=1S/C20H17N3O5/c1-28-15-10-7-13(8-11-15)9-12-16(24)23-20(14-5-3-2-4-6-14)17(25)21-19(27)22-18(20)26/h2-12H,1H3,(H,23,24)(H2,21,22,25,26,27)/b12-9+. The zero-order valence-electron chi connectivity index (χ0n) is 14.9. The molecule has 0 unspecified atom stereocenters. The van der Waals surface area contributed by atoms with Crippen molar-refractivity contribution >= 4 is 29.8 Å². The van der Waals surface area contributed by atoms with Crippen LogP contribution in [-0.2, 0) is 19.9 Å². The SMILES string of the molecule is COc1ccc(/C=C/C(=O)NC2(c3ccccc3)C(=O)NC(=O)NC2=O)cc1. The van der Waals surface area contributed by atoms with Crippen LogP contribution < -0.4 is 20.7 Å². The number of benzene rings is 2. The number of urea groups is 1. The van der Waals surface area contributed by atoms with E-state index in [0.717, 1.165) is 5.56 Å². The number of nitrogens with one attached hydrogen (secondary N) is 3. The topological polar surface area (TPSA) is 114 Å². The van der Waals surface area contributed by atoms with Crippen molar-refractivity contribution in [3.05, 3.63) is 71.8 Å². The average molecular weight is 379 g/mol. The molecular weight excluding hydrogens is 362 g/mol. The Labute approximate surface area is 160 Å². The lowest BCUT2D eigenvalue weighted by Gasteiger charge is -2.34. The first-order valence-corrected chi connectivity index (χ1v) is 8.32. The third-order valence-corrected chi connectivity index (χ3v) is 4.20. The second-order valence-electron chi connectivity index (χ2n) is 5.95. The Kier molecular flexibility index (Phi) is 5.21. The van der Waals surface area contributed by atoms with E-state index in [1.54, 1.807) is 49.6 Å². The summed E-state index contributed by atoms with van der Waals surface area (Å²) >= 11 is 0. The van der Waals surface area contributed by atoms with Gasteiger partial charge in [0.25, 0.3) is 11.8 Å². The molecule has 8 heteroatoms. The summed E-state index contributed by atoms with van der Waals surface area (Å²) in [6.07, 6.45) is 2.72. The van der Waals surface area contributed by atoms with Gasteiger partial charge in [0, 0.05) is 6.08 Å². The van der Waals surface area contributed by atoms with Gasteiger partial charge >= 0.3 is 6.03 Å². The number of hydrogen-bond donors (Lipinski definition) is 3. The highest BCUT2D eigenvalue weighted by atomic mass is 16.5. The molecule has 0 aliphatic carbocycles. The number of barbiturate groups is 1. The van der Waals surface area contributed by atoms with Crippen LogP contribution in [0.3, 0.4) is 0 Å². The van der Waals surface area contributed by atoms with E-state index in [0.29, 0.717) is 5.75 Å². The molecule has 8 nitrogen and oxygen atoms in total. The summed E-state index contributed by atoms with van der Waals surface area (Å²) in [4.78, 5) is 49.1. The maximum Gasteiger partial charge on any atom is 0.328 e. The molecule has 0 spiro atoms. The molecule has 0 aromatic heterocycles. The smallest absolute Gasteiger partial charge is 0.328 e. The minimum atomic E-state index is -2.06. The second kappa shape index (κ2) is 7.75. The van der Waals surface area contributed by atoms with E-state index in [9.17, 15) is 19.2 Å². The highest BCUT2D eigenvalue weighted by Gasteiger charge is 2.52. The number of ether oxygens (including phenoxy) is 1. The highest BCUT2D eigenvalue weighted by Crippen LogP contribution is 2.24. The number of hydrogen-bond acceptors (Lipinski definition) is 5. The summed E-state index contributed by atoms with van der Waals surface area (Å²) in [5, 5.41) is 6.49. The first-order valence-electron chi connectivity index (χ1n) is 8.32. The molecule has 1 fully saturated rings. The van der Waals surface area contributed by atoms with Crippen molar-refractivity contribution in [2.75, 3.05) is 7.11 Å². The van der Waals surface area contributed by atoms with Gasteiger partial charge < -0.3 is 10.1 Å². The highest BCUT2D eigenvalue weighted by molar-refractivity contribution is 6.24. The summed E-state index contributed by atoms with van der Waals surface area (Å²) in [6, 6.07) is 14.0. The maximum atomic E-state index is 12.6. The molecule has 3 N–H and O–H groups in total. The van der Waals surface area contributed by atoms with Crippen LogP contribution >= 0.6 is 0 Å². The van der Waals surface area contributed by atoms with E-state index < -0.39 is 29.3 Å². The van der Waals surface area contributed by atoms with E-state index in [1.807, 2.05) is 10.6 Å². The van der Waals surface area contributed by atoms with Gasteiger partial charge in [-0.2, -0.15) is 0 Å². The molecule has 0 radical (unpaired) electrons. The van der Waals surface area contributed by atoms with Crippen LogP contribution in [0.5, 0.6) is 5.75 Å². The van der Waals surface area contributed by atoms with E-state index in [-0.39, 0.29) is 5.56 Å². The van der Waals surface area contributed by atoms with Gasteiger partial charge in [0.1, 0.15) is 5.75 Å². The summed E-state index contributed by atoms with van der Waals surface area (Å²) < 4.78 is 5.07. The van der Waals surface area contributed by atoms with Gasteiger partial charge in [-0.15, -0.1) is 0 Å². The molecule has 0 bridgehead atoms. The summed E-state index contributed by atoms with van der Waals surface area (Å²) in [7, 11) is 1.55. The molecule has 2 aromatic carbocycles. The Morgan fingerprint density at radius 1 is 0.964 bits per heavy atom. The Morgan fingerprint density at radius 2 is 1.57 bits per heavy atom. The minimum Gasteiger partial charge on any atom is -0.497 e. The summed E-state index contributed by atoms with van der Waals surface area (Å²) in [5.74, 6) is -1.87. The predicted octanol–water partition coefficient (Wildman–Crippen LogP) is 1.09. The Hall–Kier alpha value is -3.94. The lowest BCUT2D eigenvalue weighted by molar-refractivity contribution is -0.143. The molecule has 1 heterocycles. The molecule has 0 saturated carbocycles.